The standard InChI is InChI=1S/C20H24N8O/c1-4-17-24-19(14-5-7-21-25-14)20-23-15(16-6-8-22-26(16)3)11-18(28(17)20)27-9-10-29-12-13(27)2/h5-8,11,13H,4,9-10,12H2,1-3H3,(H,21,25)/t13-/m1/s1. The van der Waals surface area contributed by atoms with Gasteiger partial charge in [0.05, 0.1) is 36.3 Å². The minimum absolute atomic E-state index is 0.261. The monoisotopic (exact) mass is 392 g/mol. The fourth-order valence-corrected chi connectivity index (χ4v) is 3.97. The number of ether oxygens (including phenoxy) is 1. The molecule has 4 aromatic heterocycles. The molecule has 0 radical (unpaired) electrons. The quantitative estimate of drug-likeness (QED) is 0.573. The number of anilines is 1. The van der Waals surface area contributed by atoms with Crippen LogP contribution in [0.2, 0.25) is 0 Å². The van der Waals surface area contributed by atoms with E-state index in [-0.39, 0.29) is 6.04 Å². The van der Waals surface area contributed by atoms with E-state index in [9.17, 15) is 0 Å². The molecule has 1 saturated heterocycles. The van der Waals surface area contributed by atoms with Crippen molar-refractivity contribution in [1.82, 2.24) is 34.3 Å². The van der Waals surface area contributed by atoms with Gasteiger partial charge in [-0.25, -0.2) is 9.97 Å². The van der Waals surface area contributed by atoms with Crippen LogP contribution in [0.1, 0.15) is 19.7 Å². The van der Waals surface area contributed by atoms with Gasteiger partial charge in [0.25, 0.3) is 0 Å². The van der Waals surface area contributed by atoms with Crippen LogP contribution in [0.25, 0.3) is 28.4 Å². The number of aromatic nitrogens is 7. The molecular formula is C20H24N8O. The fraction of sp³-hybridized carbons (Fsp3) is 0.400. The van der Waals surface area contributed by atoms with Crippen molar-refractivity contribution >= 4 is 11.5 Å². The van der Waals surface area contributed by atoms with Crippen LogP contribution in [0, 0.1) is 0 Å². The average Bonchev–Trinajstić information content (AvgIpc) is 3.47. The van der Waals surface area contributed by atoms with Gasteiger partial charge in [0, 0.05) is 38.5 Å². The van der Waals surface area contributed by atoms with E-state index < -0.39 is 0 Å². The lowest BCUT2D eigenvalue weighted by atomic mass is 10.2. The number of aryl methyl sites for hydroxylation is 2. The Kier molecular flexibility index (Phi) is 4.31. The Bertz CT molecular complexity index is 1140. The smallest absolute Gasteiger partial charge is 0.168 e. The van der Waals surface area contributed by atoms with Gasteiger partial charge < -0.3 is 9.64 Å². The second kappa shape index (κ2) is 7.00. The summed E-state index contributed by atoms with van der Waals surface area (Å²) >= 11 is 0. The van der Waals surface area contributed by atoms with Crippen LogP contribution in [0.15, 0.2) is 30.6 Å². The van der Waals surface area contributed by atoms with Crippen LogP contribution < -0.4 is 4.90 Å². The highest BCUT2D eigenvalue weighted by atomic mass is 16.5. The zero-order valence-corrected chi connectivity index (χ0v) is 16.8. The lowest BCUT2D eigenvalue weighted by Crippen LogP contribution is -2.44. The molecule has 1 N–H and O–H groups in total. The third-order valence-corrected chi connectivity index (χ3v) is 5.46. The Morgan fingerprint density at radius 3 is 2.83 bits per heavy atom. The molecule has 1 atom stereocenters. The SMILES string of the molecule is CCc1nc(-c2ccn[nH]2)c2nc(-c3ccnn3C)cc(N3CCOC[C@H]3C)n12. The minimum atomic E-state index is 0.261. The van der Waals surface area contributed by atoms with Crippen LogP contribution >= 0.6 is 0 Å². The molecule has 0 amide bonds. The summed E-state index contributed by atoms with van der Waals surface area (Å²) in [6.07, 6.45) is 4.33. The van der Waals surface area contributed by atoms with E-state index in [4.69, 9.17) is 14.7 Å². The molecule has 9 nitrogen and oxygen atoms in total. The normalized spacial score (nSPS) is 17.3. The molecule has 1 fully saturated rings. The molecule has 9 heteroatoms. The summed E-state index contributed by atoms with van der Waals surface area (Å²) in [5.74, 6) is 2.06. The molecule has 1 aliphatic heterocycles. The fourth-order valence-electron chi connectivity index (χ4n) is 3.97. The van der Waals surface area contributed by atoms with E-state index in [1.54, 1.807) is 12.4 Å². The van der Waals surface area contributed by atoms with Crippen molar-refractivity contribution in [3.63, 3.8) is 0 Å². The van der Waals surface area contributed by atoms with E-state index >= 15 is 0 Å². The zero-order valence-electron chi connectivity index (χ0n) is 16.8. The van der Waals surface area contributed by atoms with Crippen molar-refractivity contribution in [2.24, 2.45) is 7.05 Å². The van der Waals surface area contributed by atoms with Crippen molar-refractivity contribution in [2.75, 3.05) is 24.7 Å². The number of nitrogens with one attached hydrogen (secondary N) is 1. The van der Waals surface area contributed by atoms with Crippen molar-refractivity contribution in [1.29, 1.82) is 0 Å². The van der Waals surface area contributed by atoms with E-state index in [0.29, 0.717) is 13.2 Å². The van der Waals surface area contributed by atoms with Crippen LogP contribution in [0.5, 0.6) is 0 Å². The first-order valence-electron chi connectivity index (χ1n) is 9.92. The summed E-state index contributed by atoms with van der Waals surface area (Å²) in [6.45, 7) is 6.54. The number of H-pyrrole nitrogens is 1. The van der Waals surface area contributed by atoms with Crippen LogP contribution in [0.3, 0.4) is 0 Å². The highest BCUT2D eigenvalue weighted by Gasteiger charge is 2.26. The molecule has 1 aliphatic rings. The third kappa shape index (κ3) is 2.89. The Morgan fingerprint density at radius 2 is 2.14 bits per heavy atom. The first kappa shape index (κ1) is 17.9. The lowest BCUT2D eigenvalue weighted by Gasteiger charge is -2.35. The van der Waals surface area contributed by atoms with Gasteiger partial charge in [-0.05, 0) is 19.1 Å². The van der Waals surface area contributed by atoms with Crippen molar-refractivity contribution in [3.8, 4) is 22.8 Å². The number of rotatable bonds is 4. The topological polar surface area (TPSA) is 89.2 Å². The molecule has 0 bridgehead atoms. The predicted octanol–water partition coefficient (Wildman–Crippen LogP) is 2.31. The summed E-state index contributed by atoms with van der Waals surface area (Å²) in [7, 11) is 1.93. The highest BCUT2D eigenvalue weighted by Crippen LogP contribution is 2.32. The van der Waals surface area contributed by atoms with Crippen LogP contribution in [-0.2, 0) is 18.2 Å². The molecule has 0 saturated carbocycles. The summed E-state index contributed by atoms with van der Waals surface area (Å²) in [6, 6.07) is 6.32. The van der Waals surface area contributed by atoms with Crippen molar-refractivity contribution in [2.45, 2.75) is 26.3 Å². The number of nitrogens with zero attached hydrogens (tertiary/aromatic N) is 7. The lowest BCUT2D eigenvalue weighted by molar-refractivity contribution is 0.0984. The third-order valence-electron chi connectivity index (χ3n) is 5.46. The van der Waals surface area contributed by atoms with Gasteiger partial charge in [0.2, 0.25) is 0 Å². The van der Waals surface area contributed by atoms with Gasteiger partial charge >= 0.3 is 0 Å². The van der Waals surface area contributed by atoms with E-state index in [2.05, 4.69) is 44.5 Å². The maximum absolute atomic E-state index is 5.68. The number of aromatic amines is 1. The van der Waals surface area contributed by atoms with Crippen LogP contribution in [-0.4, -0.2) is 60.1 Å². The Morgan fingerprint density at radius 1 is 1.24 bits per heavy atom. The van der Waals surface area contributed by atoms with E-state index in [0.717, 1.165) is 53.0 Å². The molecule has 0 unspecified atom stereocenters. The molecule has 0 aliphatic carbocycles. The summed E-state index contributed by atoms with van der Waals surface area (Å²) < 4.78 is 9.70. The summed E-state index contributed by atoms with van der Waals surface area (Å²) in [5.41, 5.74) is 4.32. The van der Waals surface area contributed by atoms with Gasteiger partial charge in [-0.15, -0.1) is 0 Å². The Hall–Kier alpha value is -3.20. The molecule has 0 spiro atoms. The Balaban J connectivity index is 1.82. The van der Waals surface area contributed by atoms with Crippen molar-refractivity contribution < 1.29 is 4.74 Å². The number of hydrogen-bond acceptors (Lipinski definition) is 6. The van der Waals surface area contributed by atoms with E-state index in [1.165, 1.54) is 0 Å². The van der Waals surface area contributed by atoms with Gasteiger partial charge in [-0.2, -0.15) is 10.2 Å². The highest BCUT2D eigenvalue weighted by molar-refractivity contribution is 5.77. The minimum Gasteiger partial charge on any atom is -0.377 e. The van der Waals surface area contributed by atoms with Crippen molar-refractivity contribution in [3.05, 3.63) is 36.4 Å². The molecular weight excluding hydrogens is 368 g/mol. The maximum atomic E-state index is 5.68. The van der Waals surface area contributed by atoms with Crippen LogP contribution in [0.4, 0.5) is 5.82 Å². The average molecular weight is 392 g/mol. The molecule has 29 heavy (non-hydrogen) atoms. The number of hydrogen-bond donors (Lipinski definition) is 1. The van der Waals surface area contributed by atoms with E-state index in [1.807, 2.05) is 23.9 Å². The first-order chi connectivity index (χ1) is 14.2. The van der Waals surface area contributed by atoms with Gasteiger partial charge in [-0.1, -0.05) is 6.92 Å². The maximum Gasteiger partial charge on any atom is 0.168 e. The Labute approximate surface area is 168 Å². The zero-order chi connectivity index (χ0) is 20.0. The molecule has 0 aromatic carbocycles. The first-order valence-corrected chi connectivity index (χ1v) is 9.92. The molecule has 5 rings (SSSR count). The predicted molar refractivity (Wildman–Crippen MR) is 110 cm³/mol. The number of morpholine rings is 1. The van der Waals surface area contributed by atoms with Gasteiger partial charge in [0.15, 0.2) is 5.65 Å². The number of imidazole rings is 1. The van der Waals surface area contributed by atoms with Gasteiger partial charge in [-0.3, -0.25) is 14.2 Å². The second-order valence-electron chi connectivity index (χ2n) is 7.32. The summed E-state index contributed by atoms with van der Waals surface area (Å²) in [5, 5.41) is 11.5. The molecule has 5 heterocycles. The largest absolute Gasteiger partial charge is 0.377 e. The molecule has 150 valence electrons. The number of fused-ring (bicyclic) bond motifs is 1. The second-order valence-corrected chi connectivity index (χ2v) is 7.32. The van der Waals surface area contributed by atoms with Gasteiger partial charge in [0.1, 0.15) is 17.3 Å². The summed E-state index contributed by atoms with van der Waals surface area (Å²) in [4.78, 5) is 12.3. The molecule has 4 aromatic rings.